The van der Waals surface area contributed by atoms with Crippen LogP contribution in [0.4, 0.5) is 0 Å². The first kappa shape index (κ1) is 13.8. The molecule has 2 fully saturated rings. The molecular weight excluding hydrogens is 224 g/mol. The summed E-state index contributed by atoms with van der Waals surface area (Å²) < 4.78 is 0. The third-order valence-corrected chi connectivity index (χ3v) is 3.78. The van der Waals surface area contributed by atoms with E-state index >= 15 is 0 Å². The molecule has 0 aliphatic carbocycles. The van der Waals surface area contributed by atoms with Crippen molar-refractivity contribution in [2.45, 2.75) is 33.1 Å². The lowest BCUT2D eigenvalue weighted by molar-refractivity contribution is -0.137. The van der Waals surface area contributed by atoms with Gasteiger partial charge < -0.3 is 10.2 Å². The molecule has 0 aromatic heterocycles. The highest BCUT2D eigenvalue weighted by atomic mass is 35.5. The molecule has 0 radical (unpaired) electrons. The molecule has 0 aromatic carbocycles. The average molecular weight is 247 g/mol. The van der Waals surface area contributed by atoms with Crippen LogP contribution >= 0.6 is 12.4 Å². The van der Waals surface area contributed by atoms with Crippen molar-refractivity contribution in [2.75, 3.05) is 26.2 Å². The highest BCUT2D eigenvalue weighted by molar-refractivity contribution is 5.85. The van der Waals surface area contributed by atoms with Gasteiger partial charge in [0, 0.05) is 26.2 Å². The van der Waals surface area contributed by atoms with Crippen LogP contribution in [0.5, 0.6) is 0 Å². The van der Waals surface area contributed by atoms with E-state index in [1.165, 1.54) is 12.8 Å². The first-order valence-corrected chi connectivity index (χ1v) is 6.08. The lowest BCUT2D eigenvalue weighted by Gasteiger charge is -2.32. The number of nitrogens with one attached hydrogen (secondary N) is 1. The number of nitrogens with zero attached hydrogens (tertiary/aromatic N) is 1. The van der Waals surface area contributed by atoms with Gasteiger partial charge in [0.05, 0.1) is 5.92 Å². The topological polar surface area (TPSA) is 32.3 Å². The number of hydrogen-bond donors (Lipinski definition) is 1. The molecule has 0 bridgehead atoms. The Kier molecular flexibility index (Phi) is 4.62. The fourth-order valence-electron chi connectivity index (χ4n) is 2.36. The first-order valence-electron chi connectivity index (χ1n) is 6.08. The van der Waals surface area contributed by atoms with E-state index < -0.39 is 0 Å². The number of rotatable bonds is 1. The third kappa shape index (κ3) is 3.11. The molecule has 0 saturated carbocycles. The molecule has 2 rings (SSSR count). The molecular formula is C12H23ClN2O. The summed E-state index contributed by atoms with van der Waals surface area (Å²) in [6.07, 6.45) is 3.57. The van der Waals surface area contributed by atoms with Crippen molar-refractivity contribution in [3.63, 3.8) is 0 Å². The average Bonchev–Trinajstić information content (AvgIpc) is 2.23. The zero-order chi connectivity index (χ0) is 10.9. The molecule has 2 saturated heterocycles. The maximum absolute atomic E-state index is 12.0. The standard InChI is InChI=1S/C12H22N2O.ClH/c1-12(2)4-3-6-14(7-5-12)11(15)10-8-13-9-10;/h10,13H,3-9H2,1-2H3;1H. The number of likely N-dealkylation sites (tertiary alicyclic amines) is 1. The molecule has 0 atom stereocenters. The normalized spacial score (nSPS) is 25.2. The second-order valence-corrected chi connectivity index (χ2v) is 5.70. The Morgan fingerprint density at radius 2 is 1.94 bits per heavy atom. The molecule has 2 heterocycles. The predicted molar refractivity (Wildman–Crippen MR) is 67.8 cm³/mol. The van der Waals surface area contributed by atoms with E-state index in [0.29, 0.717) is 11.3 Å². The van der Waals surface area contributed by atoms with Crippen LogP contribution in [0.15, 0.2) is 0 Å². The van der Waals surface area contributed by atoms with Gasteiger partial charge >= 0.3 is 0 Å². The highest BCUT2D eigenvalue weighted by Gasteiger charge is 2.31. The lowest BCUT2D eigenvalue weighted by atomic mass is 9.85. The van der Waals surface area contributed by atoms with Crippen LogP contribution in [0.2, 0.25) is 0 Å². The Bertz CT molecular complexity index is 251. The summed E-state index contributed by atoms with van der Waals surface area (Å²) in [5, 5.41) is 3.17. The molecule has 1 amide bonds. The quantitative estimate of drug-likeness (QED) is 0.764. The fourth-order valence-corrected chi connectivity index (χ4v) is 2.36. The minimum atomic E-state index is 0. The van der Waals surface area contributed by atoms with Gasteiger partial charge in [0.1, 0.15) is 0 Å². The van der Waals surface area contributed by atoms with Crippen molar-refractivity contribution in [3.05, 3.63) is 0 Å². The van der Waals surface area contributed by atoms with Crippen molar-refractivity contribution >= 4 is 18.3 Å². The Morgan fingerprint density at radius 3 is 2.50 bits per heavy atom. The van der Waals surface area contributed by atoms with Gasteiger partial charge in [-0.25, -0.2) is 0 Å². The van der Waals surface area contributed by atoms with Crippen LogP contribution in [0, 0.1) is 11.3 Å². The SMILES string of the molecule is CC1(C)CCCN(C(=O)C2CNC2)CC1.Cl. The van der Waals surface area contributed by atoms with Crippen molar-refractivity contribution < 1.29 is 4.79 Å². The van der Waals surface area contributed by atoms with Crippen LogP contribution in [0.1, 0.15) is 33.1 Å². The molecule has 94 valence electrons. The van der Waals surface area contributed by atoms with Gasteiger partial charge in [-0.1, -0.05) is 13.8 Å². The van der Waals surface area contributed by atoms with Gasteiger partial charge in [0.15, 0.2) is 0 Å². The first-order chi connectivity index (χ1) is 7.08. The number of carbonyl (C=O) groups is 1. The summed E-state index contributed by atoms with van der Waals surface area (Å²) in [4.78, 5) is 14.1. The van der Waals surface area contributed by atoms with E-state index in [9.17, 15) is 4.79 Å². The number of hydrogen-bond acceptors (Lipinski definition) is 2. The molecule has 1 N–H and O–H groups in total. The Morgan fingerprint density at radius 1 is 1.25 bits per heavy atom. The van der Waals surface area contributed by atoms with E-state index in [0.717, 1.165) is 32.6 Å². The minimum absolute atomic E-state index is 0. The van der Waals surface area contributed by atoms with Crippen molar-refractivity contribution in [1.29, 1.82) is 0 Å². The second kappa shape index (κ2) is 5.37. The van der Waals surface area contributed by atoms with Gasteiger partial charge in [0.2, 0.25) is 5.91 Å². The van der Waals surface area contributed by atoms with Crippen LogP contribution in [-0.2, 0) is 4.79 Å². The summed E-state index contributed by atoms with van der Waals surface area (Å²) in [5.41, 5.74) is 0.424. The summed E-state index contributed by atoms with van der Waals surface area (Å²) in [6, 6.07) is 0. The van der Waals surface area contributed by atoms with Gasteiger partial charge in [0.25, 0.3) is 0 Å². The molecule has 4 heteroatoms. The van der Waals surface area contributed by atoms with E-state index in [2.05, 4.69) is 24.1 Å². The number of carbonyl (C=O) groups excluding carboxylic acids is 1. The summed E-state index contributed by atoms with van der Waals surface area (Å²) in [5.74, 6) is 0.651. The van der Waals surface area contributed by atoms with Crippen LogP contribution in [0.3, 0.4) is 0 Å². The van der Waals surface area contributed by atoms with E-state index in [1.807, 2.05) is 0 Å². The number of halogens is 1. The maximum Gasteiger partial charge on any atom is 0.228 e. The van der Waals surface area contributed by atoms with E-state index in [4.69, 9.17) is 0 Å². The molecule has 0 spiro atoms. The molecule has 16 heavy (non-hydrogen) atoms. The summed E-state index contributed by atoms with van der Waals surface area (Å²) >= 11 is 0. The molecule has 2 aliphatic rings. The molecule has 0 aromatic rings. The summed E-state index contributed by atoms with van der Waals surface area (Å²) in [6.45, 7) is 8.33. The summed E-state index contributed by atoms with van der Waals surface area (Å²) in [7, 11) is 0. The number of amides is 1. The predicted octanol–water partition coefficient (Wildman–Crippen LogP) is 1.67. The van der Waals surface area contributed by atoms with Gasteiger partial charge in [-0.05, 0) is 24.7 Å². The second-order valence-electron chi connectivity index (χ2n) is 5.70. The van der Waals surface area contributed by atoms with Crippen molar-refractivity contribution in [1.82, 2.24) is 10.2 Å². The Balaban J connectivity index is 0.00000128. The van der Waals surface area contributed by atoms with Gasteiger partial charge in [-0.2, -0.15) is 0 Å². The zero-order valence-corrected chi connectivity index (χ0v) is 11.1. The van der Waals surface area contributed by atoms with Crippen LogP contribution < -0.4 is 5.32 Å². The largest absolute Gasteiger partial charge is 0.342 e. The highest BCUT2D eigenvalue weighted by Crippen LogP contribution is 2.30. The lowest BCUT2D eigenvalue weighted by Crippen LogP contribution is -2.52. The zero-order valence-electron chi connectivity index (χ0n) is 10.3. The van der Waals surface area contributed by atoms with Crippen molar-refractivity contribution in [3.8, 4) is 0 Å². The van der Waals surface area contributed by atoms with E-state index in [-0.39, 0.29) is 18.3 Å². The smallest absolute Gasteiger partial charge is 0.228 e. The van der Waals surface area contributed by atoms with Crippen molar-refractivity contribution in [2.24, 2.45) is 11.3 Å². The van der Waals surface area contributed by atoms with Gasteiger partial charge in [-0.3, -0.25) is 4.79 Å². The molecule has 2 aliphatic heterocycles. The molecule has 0 unspecified atom stereocenters. The Labute approximate surface area is 104 Å². The van der Waals surface area contributed by atoms with E-state index in [1.54, 1.807) is 0 Å². The third-order valence-electron chi connectivity index (χ3n) is 3.78. The fraction of sp³-hybridized carbons (Fsp3) is 0.917. The monoisotopic (exact) mass is 246 g/mol. The van der Waals surface area contributed by atoms with Crippen LogP contribution in [0.25, 0.3) is 0 Å². The van der Waals surface area contributed by atoms with Gasteiger partial charge in [-0.15, -0.1) is 12.4 Å². The van der Waals surface area contributed by atoms with Crippen LogP contribution in [-0.4, -0.2) is 37.0 Å². The maximum atomic E-state index is 12.0. The minimum Gasteiger partial charge on any atom is -0.342 e. The Hall–Kier alpha value is -0.280. The molecule has 3 nitrogen and oxygen atoms in total.